The Hall–Kier alpha value is -2.51. The fourth-order valence-electron chi connectivity index (χ4n) is 3.80. The van der Waals surface area contributed by atoms with Crippen LogP contribution in [-0.4, -0.2) is 11.9 Å². The molecule has 0 aliphatic heterocycles. The second kappa shape index (κ2) is 8.08. The molecule has 3 rings (SSSR count). The first kappa shape index (κ1) is 21.2. The minimum atomic E-state index is -4.66. The molecule has 156 valence electrons. The Balaban J connectivity index is 1.82. The van der Waals surface area contributed by atoms with E-state index in [0.29, 0.717) is 18.4 Å². The molecular weight excluding hydrogens is 396 g/mol. The first-order valence-corrected chi connectivity index (χ1v) is 9.21. The Kier molecular flexibility index (Phi) is 5.91. The molecule has 1 amide bonds. The summed E-state index contributed by atoms with van der Waals surface area (Å²) in [6.45, 7) is 0. The van der Waals surface area contributed by atoms with Gasteiger partial charge < -0.3 is 5.32 Å². The number of carbonyl (C=O) groups is 1. The fourth-order valence-corrected chi connectivity index (χ4v) is 3.80. The summed E-state index contributed by atoms with van der Waals surface area (Å²) in [6.07, 6.45) is -6.31. The highest BCUT2D eigenvalue weighted by molar-refractivity contribution is 5.96. The van der Waals surface area contributed by atoms with Gasteiger partial charge in [0.25, 0.3) is 5.91 Å². The lowest BCUT2D eigenvalue weighted by atomic mass is 9.79. The first-order chi connectivity index (χ1) is 13.6. The Morgan fingerprint density at radius 2 is 1.45 bits per heavy atom. The van der Waals surface area contributed by atoms with Crippen LogP contribution in [0, 0.1) is 0 Å². The first-order valence-electron chi connectivity index (χ1n) is 9.21. The summed E-state index contributed by atoms with van der Waals surface area (Å²) in [7, 11) is 0. The lowest BCUT2D eigenvalue weighted by Crippen LogP contribution is -2.41. The predicted molar refractivity (Wildman–Crippen MR) is 95.4 cm³/mol. The van der Waals surface area contributed by atoms with Gasteiger partial charge in [-0.25, -0.2) is 0 Å². The van der Waals surface area contributed by atoms with Crippen LogP contribution in [0.1, 0.15) is 58.6 Å². The third kappa shape index (κ3) is 4.92. The number of alkyl halides is 6. The second-order valence-corrected chi connectivity index (χ2v) is 7.13. The van der Waals surface area contributed by atoms with Gasteiger partial charge in [0.05, 0.1) is 16.7 Å². The van der Waals surface area contributed by atoms with Gasteiger partial charge in [-0.15, -0.1) is 0 Å². The minimum Gasteiger partial charge on any atom is -0.349 e. The van der Waals surface area contributed by atoms with Crippen molar-refractivity contribution >= 4 is 5.91 Å². The van der Waals surface area contributed by atoms with Crippen molar-refractivity contribution in [3.8, 4) is 0 Å². The van der Waals surface area contributed by atoms with E-state index in [-0.39, 0.29) is 5.92 Å². The third-order valence-corrected chi connectivity index (χ3v) is 5.23. The SMILES string of the molecule is O=C(N[C@H]1CCCC[C@H]1c1ccc(C(F)(F)F)cc1)c1ccccc1C(F)(F)F. The summed E-state index contributed by atoms with van der Waals surface area (Å²) in [5.41, 5.74) is -1.61. The molecule has 0 radical (unpaired) electrons. The number of hydrogen-bond acceptors (Lipinski definition) is 1. The molecule has 2 nitrogen and oxygen atoms in total. The highest BCUT2D eigenvalue weighted by atomic mass is 19.4. The average Bonchev–Trinajstić information content (AvgIpc) is 2.67. The van der Waals surface area contributed by atoms with Gasteiger partial charge in [0.2, 0.25) is 0 Å². The maximum absolute atomic E-state index is 13.2. The van der Waals surface area contributed by atoms with Gasteiger partial charge in [0, 0.05) is 12.0 Å². The number of hydrogen-bond donors (Lipinski definition) is 1. The summed E-state index contributed by atoms with van der Waals surface area (Å²) in [5, 5.41) is 2.68. The number of halogens is 6. The highest BCUT2D eigenvalue weighted by Gasteiger charge is 2.36. The maximum atomic E-state index is 13.2. The molecular formula is C21H19F6NO. The monoisotopic (exact) mass is 415 g/mol. The van der Waals surface area contributed by atoms with E-state index in [1.165, 1.54) is 24.3 Å². The van der Waals surface area contributed by atoms with E-state index < -0.39 is 41.0 Å². The molecule has 1 aliphatic rings. The molecule has 1 aliphatic carbocycles. The normalized spacial score (nSPS) is 20.3. The van der Waals surface area contributed by atoms with Crippen molar-refractivity contribution in [2.45, 2.75) is 50.0 Å². The number of amides is 1. The Morgan fingerprint density at radius 1 is 0.828 bits per heavy atom. The molecule has 0 heterocycles. The molecule has 1 N–H and O–H groups in total. The largest absolute Gasteiger partial charge is 0.417 e. The topological polar surface area (TPSA) is 29.1 Å². The molecule has 0 saturated heterocycles. The number of nitrogens with one attached hydrogen (secondary N) is 1. The highest BCUT2D eigenvalue weighted by Crippen LogP contribution is 2.36. The average molecular weight is 415 g/mol. The molecule has 0 aromatic heterocycles. The zero-order valence-corrected chi connectivity index (χ0v) is 15.3. The van der Waals surface area contributed by atoms with E-state index in [1.807, 2.05) is 0 Å². The van der Waals surface area contributed by atoms with E-state index in [0.717, 1.165) is 37.1 Å². The molecule has 29 heavy (non-hydrogen) atoms. The van der Waals surface area contributed by atoms with E-state index in [4.69, 9.17) is 0 Å². The summed E-state index contributed by atoms with van der Waals surface area (Å²) >= 11 is 0. The van der Waals surface area contributed by atoms with Crippen molar-refractivity contribution in [1.82, 2.24) is 5.32 Å². The molecule has 1 fully saturated rings. The second-order valence-electron chi connectivity index (χ2n) is 7.13. The van der Waals surface area contributed by atoms with Crippen LogP contribution in [0.25, 0.3) is 0 Å². The number of benzene rings is 2. The van der Waals surface area contributed by atoms with Crippen LogP contribution in [0.3, 0.4) is 0 Å². The zero-order chi connectivity index (χ0) is 21.2. The molecule has 1 saturated carbocycles. The Labute approximate surface area is 163 Å². The Bertz CT molecular complexity index is 857. The van der Waals surface area contributed by atoms with Crippen LogP contribution in [0.15, 0.2) is 48.5 Å². The zero-order valence-electron chi connectivity index (χ0n) is 15.3. The van der Waals surface area contributed by atoms with Crippen molar-refractivity contribution in [2.24, 2.45) is 0 Å². The summed E-state index contributed by atoms with van der Waals surface area (Å²) in [6, 6.07) is 8.82. The molecule has 2 aromatic carbocycles. The van der Waals surface area contributed by atoms with E-state index >= 15 is 0 Å². The van der Waals surface area contributed by atoms with Crippen molar-refractivity contribution < 1.29 is 31.1 Å². The van der Waals surface area contributed by atoms with Gasteiger partial charge in [-0.05, 0) is 42.7 Å². The van der Waals surface area contributed by atoms with Crippen molar-refractivity contribution in [1.29, 1.82) is 0 Å². The van der Waals surface area contributed by atoms with Crippen LogP contribution >= 0.6 is 0 Å². The number of rotatable bonds is 3. The fraction of sp³-hybridized carbons (Fsp3) is 0.381. The molecule has 0 spiro atoms. The van der Waals surface area contributed by atoms with Crippen LogP contribution in [-0.2, 0) is 12.4 Å². The van der Waals surface area contributed by atoms with Crippen LogP contribution in [0.5, 0.6) is 0 Å². The molecule has 0 bridgehead atoms. The lowest BCUT2D eigenvalue weighted by molar-refractivity contribution is -0.138. The van der Waals surface area contributed by atoms with Gasteiger partial charge in [0.1, 0.15) is 0 Å². The van der Waals surface area contributed by atoms with E-state index in [2.05, 4.69) is 5.32 Å². The predicted octanol–water partition coefficient (Wildman–Crippen LogP) is 6.18. The van der Waals surface area contributed by atoms with Crippen molar-refractivity contribution in [3.05, 3.63) is 70.8 Å². The summed E-state index contributed by atoms with van der Waals surface area (Å²) in [4.78, 5) is 12.6. The third-order valence-electron chi connectivity index (χ3n) is 5.23. The van der Waals surface area contributed by atoms with Gasteiger partial charge in [-0.2, -0.15) is 26.3 Å². The smallest absolute Gasteiger partial charge is 0.349 e. The van der Waals surface area contributed by atoms with Gasteiger partial charge in [-0.3, -0.25) is 4.79 Å². The molecule has 2 atom stereocenters. The Morgan fingerprint density at radius 3 is 2.07 bits per heavy atom. The van der Waals surface area contributed by atoms with Crippen LogP contribution < -0.4 is 5.32 Å². The number of carbonyl (C=O) groups excluding carboxylic acids is 1. The van der Waals surface area contributed by atoms with E-state index in [1.54, 1.807) is 0 Å². The molecule has 2 aromatic rings. The van der Waals surface area contributed by atoms with Gasteiger partial charge in [0.15, 0.2) is 0 Å². The maximum Gasteiger partial charge on any atom is 0.417 e. The van der Waals surface area contributed by atoms with Crippen LogP contribution in [0.4, 0.5) is 26.3 Å². The summed E-state index contributed by atoms with van der Waals surface area (Å²) in [5.74, 6) is -1.09. The minimum absolute atomic E-state index is 0.256. The standard InChI is InChI=1S/C21H19F6NO/c22-20(23,24)14-11-9-13(10-12-14)15-5-2-4-8-18(15)28-19(29)16-6-1-3-7-17(16)21(25,26)27/h1,3,6-7,9-12,15,18H,2,4-5,8H2,(H,28,29)/t15-,18-/m0/s1. The van der Waals surface area contributed by atoms with Crippen molar-refractivity contribution in [3.63, 3.8) is 0 Å². The quantitative estimate of drug-likeness (QED) is 0.596. The molecule has 8 heteroatoms. The molecule has 0 unspecified atom stereocenters. The van der Waals surface area contributed by atoms with E-state index in [9.17, 15) is 31.1 Å². The lowest BCUT2D eigenvalue weighted by Gasteiger charge is -2.33. The summed E-state index contributed by atoms with van der Waals surface area (Å²) < 4.78 is 77.9. The van der Waals surface area contributed by atoms with Gasteiger partial charge in [-0.1, -0.05) is 37.1 Å². The van der Waals surface area contributed by atoms with Crippen LogP contribution in [0.2, 0.25) is 0 Å². The van der Waals surface area contributed by atoms with Gasteiger partial charge >= 0.3 is 12.4 Å². The van der Waals surface area contributed by atoms with Crippen molar-refractivity contribution in [2.75, 3.05) is 0 Å².